The fourth-order valence-electron chi connectivity index (χ4n) is 2.61. The van der Waals surface area contributed by atoms with Crippen molar-refractivity contribution in [2.45, 2.75) is 25.7 Å². The van der Waals surface area contributed by atoms with Crippen LogP contribution < -0.4 is 10.6 Å². The van der Waals surface area contributed by atoms with Crippen molar-refractivity contribution < 1.29 is 9.72 Å². The minimum Gasteiger partial charge on any atom is -0.356 e. The van der Waals surface area contributed by atoms with E-state index >= 15 is 0 Å². The number of nitrogens with zero attached hydrogens (tertiary/aromatic N) is 1. The summed E-state index contributed by atoms with van der Waals surface area (Å²) in [7, 11) is 0. The molecule has 1 aliphatic rings. The Morgan fingerprint density at radius 1 is 1.48 bits per heavy atom. The highest BCUT2D eigenvalue weighted by molar-refractivity contribution is 9.10. The summed E-state index contributed by atoms with van der Waals surface area (Å²) in [6, 6.07) is 4.46. The molecule has 1 fully saturated rings. The molecule has 1 aromatic rings. The normalized spacial score (nSPS) is 17.2. The molecule has 23 heavy (non-hydrogen) atoms. The number of non-ortho nitro benzene ring substituents is 1. The summed E-state index contributed by atoms with van der Waals surface area (Å²) in [5.41, 5.74) is 0.767. The Labute approximate surface area is 150 Å². The third-order valence-corrected chi connectivity index (χ3v) is 4.61. The molecule has 0 bridgehead atoms. The second kappa shape index (κ2) is 9.85. The van der Waals surface area contributed by atoms with E-state index in [9.17, 15) is 14.9 Å². The predicted octanol–water partition coefficient (Wildman–Crippen LogP) is 2.83. The Morgan fingerprint density at radius 3 is 2.87 bits per heavy atom. The van der Waals surface area contributed by atoms with Gasteiger partial charge in [-0.1, -0.05) is 22.0 Å². The van der Waals surface area contributed by atoms with Crippen LogP contribution in [0.2, 0.25) is 0 Å². The van der Waals surface area contributed by atoms with E-state index in [0.29, 0.717) is 16.9 Å². The number of rotatable bonds is 6. The second-order valence-electron chi connectivity index (χ2n) is 5.56. The standard InChI is InChI=1S/C15H20BrN3O3.ClH/c16-14-9-13(19(21)22)4-3-12(14)8-15(20)18-7-5-11-2-1-6-17-10-11;/h3-4,9,11,17H,1-2,5-8,10H2,(H,18,20);1H. The van der Waals surface area contributed by atoms with Crippen molar-refractivity contribution in [2.75, 3.05) is 19.6 Å². The smallest absolute Gasteiger partial charge is 0.270 e. The number of benzene rings is 1. The molecular weight excluding hydrogens is 386 g/mol. The van der Waals surface area contributed by atoms with Gasteiger partial charge in [0.05, 0.1) is 11.3 Å². The third kappa shape index (κ3) is 6.45. The van der Waals surface area contributed by atoms with Crippen LogP contribution in [-0.4, -0.2) is 30.5 Å². The van der Waals surface area contributed by atoms with Gasteiger partial charge in [-0.15, -0.1) is 12.4 Å². The van der Waals surface area contributed by atoms with Crippen LogP contribution in [0.3, 0.4) is 0 Å². The Balaban J connectivity index is 0.00000264. The average molecular weight is 407 g/mol. The second-order valence-corrected chi connectivity index (χ2v) is 6.41. The number of carbonyl (C=O) groups is 1. The highest BCUT2D eigenvalue weighted by Gasteiger charge is 2.14. The van der Waals surface area contributed by atoms with Crippen LogP contribution in [0, 0.1) is 16.0 Å². The molecule has 128 valence electrons. The van der Waals surface area contributed by atoms with E-state index < -0.39 is 4.92 Å². The lowest BCUT2D eigenvalue weighted by atomic mass is 9.96. The number of hydrogen-bond acceptors (Lipinski definition) is 4. The number of nitro benzene ring substituents is 1. The van der Waals surface area contributed by atoms with Crippen LogP contribution in [0.5, 0.6) is 0 Å². The molecular formula is C15H21BrClN3O3. The number of halogens is 2. The molecule has 1 aliphatic heterocycles. The molecule has 0 radical (unpaired) electrons. The molecule has 1 aromatic carbocycles. The number of nitrogens with one attached hydrogen (secondary N) is 2. The van der Waals surface area contributed by atoms with Gasteiger partial charge in [0.25, 0.3) is 5.69 Å². The summed E-state index contributed by atoms with van der Waals surface area (Å²) in [4.78, 5) is 22.2. The van der Waals surface area contributed by atoms with Crippen molar-refractivity contribution in [1.29, 1.82) is 0 Å². The molecule has 2 N–H and O–H groups in total. The van der Waals surface area contributed by atoms with E-state index in [4.69, 9.17) is 0 Å². The molecule has 0 saturated carbocycles. The Bertz CT molecular complexity index is 551. The molecule has 2 rings (SSSR count). The lowest BCUT2D eigenvalue weighted by molar-refractivity contribution is -0.384. The van der Waals surface area contributed by atoms with E-state index in [2.05, 4.69) is 26.6 Å². The molecule has 1 atom stereocenters. The first kappa shape index (κ1) is 19.9. The van der Waals surface area contributed by atoms with Gasteiger partial charge in [-0.3, -0.25) is 14.9 Å². The minimum atomic E-state index is -0.452. The maximum Gasteiger partial charge on any atom is 0.270 e. The van der Waals surface area contributed by atoms with E-state index in [0.717, 1.165) is 25.1 Å². The first-order valence-corrected chi connectivity index (χ1v) is 8.26. The summed E-state index contributed by atoms with van der Waals surface area (Å²) >= 11 is 3.28. The van der Waals surface area contributed by atoms with Gasteiger partial charge in [0.1, 0.15) is 0 Å². The van der Waals surface area contributed by atoms with Crippen LogP contribution >= 0.6 is 28.3 Å². The molecule has 1 saturated heterocycles. The van der Waals surface area contributed by atoms with Gasteiger partial charge in [0, 0.05) is 23.2 Å². The monoisotopic (exact) mass is 405 g/mol. The van der Waals surface area contributed by atoms with Crippen LogP contribution in [0.1, 0.15) is 24.8 Å². The van der Waals surface area contributed by atoms with Crippen molar-refractivity contribution in [3.8, 4) is 0 Å². The summed E-state index contributed by atoms with van der Waals surface area (Å²) in [5.74, 6) is 0.582. The predicted molar refractivity (Wildman–Crippen MR) is 95.0 cm³/mol. The zero-order valence-corrected chi connectivity index (χ0v) is 15.1. The molecule has 6 nitrogen and oxygen atoms in total. The number of hydrogen-bond donors (Lipinski definition) is 2. The van der Waals surface area contributed by atoms with Crippen molar-refractivity contribution >= 4 is 39.9 Å². The topological polar surface area (TPSA) is 84.3 Å². The Hall–Kier alpha value is -1.18. The van der Waals surface area contributed by atoms with Crippen molar-refractivity contribution in [1.82, 2.24) is 10.6 Å². The van der Waals surface area contributed by atoms with Gasteiger partial charge < -0.3 is 10.6 Å². The fourth-order valence-corrected chi connectivity index (χ4v) is 3.12. The van der Waals surface area contributed by atoms with Crippen LogP contribution in [0.25, 0.3) is 0 Å². The first-order valence-electron chi connectivity index (χ1n) is 7.46. The van der Waals surface area contributed by atoms with Crippen LogP contribution in [-0.2, 0) is 11.2 Å². The van der Waals surface area contributed by atoms with Crippen molar-refractivity contribution in [3.63, 3.8) is 0 Å². The zero-order chi connectivity index (χ0) is 15.9. The largest absolute Gasteiger partial charge is 0.356 e. The Kier molecular flexibility index (Phi) is 8.51. The highest BCUT2D eigenvalue weighted by atomic mass is 79.9. The lowest BCUT2D eigenvalue weighted by Gasteiger charge is -2.22. The molecule has 1 unspecified atom stereocenters. The fraction of sp³-hybridized carbons (Fsp3) is 0.533. The van der Waals surface area contributed by atoms with Gasteiger partial charge in [0.15, 0.2) is 0 Å². The number of carbonyl (C=O) groups excluding carboxylic acids is 1. The minimum absolute atomic E-state index is 0. The van der Waals surface area contributed by atoms with E-state index in [1.807, 2.05) is 0 Å². The van der Waals surface area contributed by atoms with E-state index in [1.165, 1.54) is 25.0 Å². The van der Waals surface area contributed by atoms with Crippen LogP contribution in [0.15, 0.2) is 22.7 Å². The van der Waals surface area contributed by atoms with Gasteiger partial charge >= 0.3 is 0 Å². The average Bonchev–Trinajstić information content (AvgIpc) is 2.50. The Morgan fingerprint density at radius 2 is 2.26 bits per heavy atom. The number of amides is 1. The molecule has 1 amide bonds. The van der Waals surface area contributed by atoms with Crippen molar-refractivity contribution in [3.05, 3.63) is 38.3 Å². The summed E-state index contributed by atoms with van der Waals surface area (Å²) < 4.78 is 0.591. The number of nitro groups is 1. The third-order valence-electron chi connectivity index (χ3n) is 3.87. The molecule has 0 aromatic heterocycles. The van der Waals surface area contributed by atoms with Gasteiger partial charge in [-0.25, -0.2) is 0 Å². The van der Waals surface area contributed by atoms with E-state index in [1.54, 1.807) is 6.07 Å². The maximum atomic E-state index is 11.9. The van der Waals surface area contributed by atoms with Crippen LogP contribution in [0.4, 0.5) is 5.69 Å². The number of piperidine rings is 1. The maximum absolute atomic E-state index is 11.9. The zero-order valence-electron chi connectivity index (χ0n) is 12.7. The summed E-state index contributed by atoms with van der Waals surface area (Å²) in [6.45, 7) is 2.80. The molecule has 1 heterocycles. The lowest BCUT2D eigenvalue weighted by Crippen LogP contribution is -2.33. The summed E-state index contributed by atoms with van der Waals surface area (Å²) in [5, 5.41) is 17.0. The first-order chi connectivity index (χ1) is 10.6. The van der Waals surface area contributed by atoms with Gasteiger partial charge in [-0.2, -0.15) is 0 Å². The molecule has 0 spiro atoms. The quantitative estimate of drug-likeness (QED) is 0.562. The summed E-state index contributed by atoms with van der Waals surface area (Å²) in [6.07, 6.45) is 3.63. The molecule has 8 heteroatoms. The molecule has 0 aliphatic carbocycles. The van der Waals surface area contributed by atoms with E-state index in [-0.39, 0.29) is 30.4 Å². The van der Waals surface area contributed by atoms with Gasteiger partial charge in [0.2, 0.25) is 5.91 Å². The van der Waals surface area contributed by atoms with Crippen molar-refractivity contribution in [2.24, 2.45) is 5.92 Å². The SMILES string of the molecule is Cl.O=C(Cc1ccc([N+](=O)[O-])cc1Br)NCCC1CCCNC1. The van der Waals surface area contributed by atoms with Gasteiger partial charge in [-0.05, 0) is 43.8 Å². The highest BCUT2D eigenvalue weighted by Crippen LogP contribution is 2.23.